The Morgan fingerprint density at radius 2 is 1.96 bits per heavy atom. The third kappa shape index (κ3) is 2.98. The lowest BCUT2D eigenvalue weighted by Crippen LogP contribution is -2.43. The van der Waals surface area contributed by atoms with Crippen LogP contribution in [0.25, 0.3) is 11.0 Å². The summed E-state index contributed by atoms with van der Waals surface area (Å²) >= 11 is 0. The first-order valence-electron chi connectivity index (χ1n) is 7.99. The van der Waals surface area contributed by atoms with Crippen molar-refractivity contribution in [2.45, 2.75) is 6.54 Å². The minimum absolute atomic E-state index is 0.0582. The SMILES string of the molecule is Nc1ncc2cnn(Cc3cc(N4CCNCC4)cc(F)c3F)c2n1. The van der Waals surface area contributed by atoms with Gasteiger partial charge in [-0.3, -0.25) is 0 Å². The van der Waals surface area contributed by atoms with Gasteiger partial charge in [0.05, 0.1) is 18.1 Å². The first-order chi connectivity index (χ1) is 12.1. The average Bonchev–Trinajstić information content (AvgIpc) is 3.01. The molecule has 3 aromatic rings. The number of nitrogens with two attached hydrogens (primary N) is 1. The predicted molar refractivity (Wildman–Crippen MR) is 90.3 cm³/mol. The van der Waals surface area contributed by atoms with Crippen LogP contribution in [0.2, 0.25) is 0 Å². The largest absolute Gasteiger partial charge is 0.369 e. The van der Waals surface area contributed by atoms with Crippen molar-refractivity contribution in [2.24, 2.45) is 0 Å². The monoisotopic (exact) mass is 345 g/mol. The third-order valence-corrected chi connectivity index (χ3v) is 4.29. The fourth-order valence-corrected chi connectivity index (χ4v) is 3.01. The molecule has 2 aromatic heterocycles. The van der Waals surface area contributed by atoms with Crippen LogP contribution in [0.5, 0.6) is 0 Å². The highest BCUT2D eigenvalue weighted by Crippen LogP contribution is 2.24. The molecule has 9 heteroatoms. The maximum absolute atomic E-state index is 14.3. The number of hydrogen-bond donors (Lipinski definition) is 2. The van der Waals surface area contributed by atoms with E-state index in [1.165, 1.54) is 10.7 Å². The predicted octanol–water partition coefficient (Wildman–Crippen LogP) is 1.14. The molecule has 3 heterocycles. The minimum atomic E-state index is -0.871. The van der Waals surface area contributed by atoms with Crippen LogP contribution in [0.3, 0.4) is 0 Å². The van der Waals surface area contributed by atoms with Gasteiger partial charge in [-0.05, 0) is 6.07 Å². The molecule has 1 aromatic carbocycles. The lowest BCUT2D eigenvalue weighted by atomic mass is 10.1. The Balaban J connectivity index is 1.71. The zero-order valence-corrected chi connectivity index (χ0v) is 13.4. The van der Waals surface area contributed by atoms with Gasteiger partial charge in [0.15, 0.2) is 17.3 Å². The molecule has 25 heavy (non-hydrogen) atoms. The summed E-state index contributed by atoms with van der Waals surface area (Å²) < 4.78 is 29.9. The normalized spacial score (nSPS) is 15.0. The number of rotatable bonds is 3. The quantitative estimate of drug-likeness (QED) is 0.741. The summed E-state index contributed by atoms with van der Waals surface area (Å²) in [5, 5.41) is 8.12. The second-order valence-corrected chi connectivity index (χ2v) is 5.95. The van der Waals surface area contributed by atoms with Crippen LogP contribution in [0.1, 0.15) is 5.56 Å². The Labute approximate surface area is 142 Å². The van der Waals surface area contributed by atoms with Gasteiger partial charge < -0.3 is 16.0 Å². The van der Waals surface area contributed by atoms with Crippen LogP contribution in [-0.2, 0) is 6.54 Å². The number of piperazine rings is 1. The maximum atomic E-state index is 14.3. The van der Waals surface area contributed by atoms with Crippen molar-refractivity contribution in [2.75, 3.05) is 36.8 Å². The number of anilines is 2. The van der Waals surface area contributed by atoms with Crippen molar-refractivity contribution in [1.29, 1.82) is 0 Å². The van der Waals surface area contributed by atoms with Crippen molar-refractivity contribution in [1.82, 2.24) is 25.1 Å². The highest BCUT2D eigenvalue weighted by Gasteiger charge is 2.18. The molecule has 0 spiro atoms. The van der Waals surface area contributed by atoms with Gasteiger partial charge in [-0.25, -0.2) is 18.4 Å². The van der Waals surface area contributed by atoms with E-state index in [9.17, 15) is 8.78 Å². The molecule has 1 saturated heterocycles. The molecule has 1 aliphatic heterocycles. The molecule has 1 fully saturated rings. The number of nitrogens with one attached hydrogen (secondary N) is 1. The highest BCUT2D eigenvalue weighted by molar-refractivity contribution is 5.74. The molecule has 3 N–H and O–H groups in total. The standard InChI is InChI=1S/C16H17F2N7/c17-13-6-12(24-3-1-20-2-4-24)5-10(14(13)18)9-25-15-11(8-22-25)7-21-16(19)23-15/h5-8,20H,1-4,9H2,(H2,19,21,23). The molecule has 0 atom stereocenters. The molecule has 0 saturated carbocycles. The Kier molecular flexibility index (Phi) is 3.92. The smallest absolute Gasteiger partial charge is 0.222 e. The van der Waals surface area contributed by atoms with Gasteiger partial charge in [0.1, 0.15) is 0 Å². The van der Waals surface area contributed by atoms with Gasteiger partial charge in [-0.2, -0.15) is 10.1 Å². The van der Waals surface area contributed by atoms with Crippen LogP contribution in [0, 0.1) is 11.6 Å². The number of nitrogens with zero attached hydrogens (tertiary/aromatic N) is 5. The number of hydrogen-bond acceptors (Lipinski definition) is 6. The molecule has 0 bridgehead atoms. The van der Waals surface area contributed by atoms with E-state index in [0.717, 1.165) is 26.2 Å². The fourth-order valence-electron chi connectivity index (χ4n) is 3.01. The fraction of sp³-hybridized carbons (Fsp3) is 0.312. The second-order valence-electron chi connectivity index (χ2n) is 5.95. The molecule has 1 aliphatic rings. The Morgan fingerprint density at radius 1 is 1.16 bits per heavy atom. The van der Waals surface area contributed by atoms with Crippen LogP contribution >= 0.6 is 0 Å². The first kappa shape index (κ1) is 15.7. The summed E-state index contributed by atoms with van der Waals surface area (Å²) in [5.41, 5.74) is 6.98. The van der Waals surface area contributed by atoms with E-state index >= 15 is 0 Å². The molecule has 0 amide bonds. The average molecular weight is 345 g/mol. The lowest BCUT2D eigenvalue weighted by molar-refractivity contribution is 0.491. The van der Waals surface area contributed by atoms with Gasteiger partial charge in [-0.1, -0.05) is 0 Å². The molecule has 4 rings (SSSR count). The van der Waals surface area contributed by atoms with Crippen molar-refractivity contribution < 1.29 is 8.78 Å². The lowest BCUT2D eigenvalue weighted by Gasteiger charge is -2.30. The van der Waals surface area contributed by atoms with Crippen molar-refractivity contribution in [3.05, 3.63) is 41.7 Å². The molecule has 0 radical (unpaired) electrons. The summed E-state index contributed by atoms with van der Waals surface area (Å²) in [5.74, 6) is -1.63. The van der Waals surface area contributed by atoms with Crippen LogP contribution in [0.15, 0.2) is 24.5 Å². The number of fused-ring (bicyclic) bond motifs is 1. The molecule has 130 valence electrons. The Bertz CT molecular complexity index is 918. The second kappa shape index (κ2) is 6.25. The summed E-state index contributed by atoms with van der Waals surface area (Å²) in [6, 6.07) is 2.91. The topological polar surface area (TPSA) is 84.9 Å². The van der Waals surface area contributed by atoms with Gasteiger partial charge in [-0.15, -0.1) is 0 Å². The summed E-state index contributed by atoms with van der Waals surface area (Å²) in [6.07, 6.45) is 3.12. The molecule has 7 nitrogen and oxygen atoms in total. The first-order valence-corrected chi connectivity index (χ1v) is 7.99. The van der Waals surface area contributed by atoms with Crippen molar-refractivity contribution in [3.63, 3.8) is 0 Å². The van der Waals surface area contributed by atoms with E-state index in [0.29, 0.717) is 16.7 Å². The zero-order chi connectivity index (χ0) is 17.4. The van der Waals surface area contributed by atoms with Crippen molar-refractivity contribution in [3.8, 4) is 0 Å². The zero-order valence-electron chi connectivity index (χ0n) is 13.4. The van der Waals surface area contributed by atoms with Gasteiger partial charge >= 0.3 is 0 Å². The summed E-state index contributed by atoms with van der Waals surface area (Å²) in [7, 11) is 0. The van der Waals surface area contributed by atoms with Crippen LogP contribution in [0.4, 0.5) is 20.4 Å². The molecular formula is C16H17F2N7. The van der Waals surface area contributed by atoms with E-state index in [2.05, 4.69) is 20.4 Å². The molecule has 0 aliphatic carbocycles. The van der Waals surface area contributed by atoms with E-state index in [1.807, 2.05) is 4.90 Å². The van der Waals surface area contributed by atoms with Gasteiger partial charge in [0.2, 0.25) is 5.95 Å². The van der Waals surface area contributed by atoms with Crippen LogP contribution in [-0.4, -0.2) is 45.9 Å². The number of nitrogen functional groups attached to an aromatic ring is 1. The van der Waals surface area contributed by atoms with Gasteiger partial charge in [0, 0.05) is 49.7 Å². The number of benzene rings is 1. The third-order valence-electron chi connectivity index (χ3n) is 4.29. The van der Waals surface area contributed by atoms with Crippen LogP contribution < -0.4 is 16.0 Å². The van der Waals surface area contributed by atoms with E-state index < -0.39 is 11.6 Å². The van der Waals surface area contributed by atoms with E-state index in [-0.39, 0.29) is 18.1 Å². The summed E-state index contributed by atoms with van der Waals surface area (Å²) in [4.78, 5) is 10.1. The van der Waals surface area contributed by atoms with Gasteiger partial charge in [0.25, 0.3) is 0 Å². The summed E-state index contributed by atoms with van der Waals surface area (Å²) in [6.45, 7) is 3.18. The number of halogens is 2. The number of aromatic nitrogens is 4. The Hall–Kier alpha value is -2.81. The molecular weight excluding hydrogens is 328 g/mol. The van der Waals surface area contributed by atoms with E-state index in [1.54, 1.807) is 18.5 Å². The minimum Gasteiger partial charge on any atom is -0.369 e. The highest BCUT2D eigenvalue weighted by atomic mass is 19.2. The van der Waals surface area contributed by atoms with Crippen molar-refractivity contribution >= 4 is 22.7 Å². The van der Waals surface area contributed by atoms with E-state index in [4.69, 9.17) is 5.73 Å². The Morgan fingerprint density at radius 3 is 2.76 bits per heavy atom. The maximum Gasteiger partial charge on any atom is 0.222 e. The molecule has 0 unspecified atom stereocenters.